The molecule has 0 bridgehead atoms. The molecular weight excluding hydrogens is 365 g/mol. The van der Waals surface area contributed by atoms with E-state index in [-0.39, 0.29) is 24.9 Å². The number of rotatable bonds is 7. The van der Waals surface area contributed by atoms with Gasteiger partial charge in [0.25, 0.3) is 5.91 Å². The van der Waals surface area contributed by atoms with Crippen LogP contribution in [-0.4, -0.2) is 47.7 Å². The molecule has 0 aromatic heterocycles. The number of ether oxygens (including phenoxy) is 2. The largest absolute Gasteiger partial charge is 0.481 e. The van der Waals surface area contributed by atoms with Gasteiger partial charge in [-0.1, -0.05) is 6.07 Å². The van der Waals surface area contributed by atoms with Gasteiger partial charge in [0.05, 0.1) is 6.42 Å². The molecule has 0 saturated carbocycles. The number of carbonyl (C=O) groups is 2. The maximum atomic E-state index is 13.3. The van der Waals surface area contributed by atoms with Crippen molar-refractivity contribution in [2.45, 2.75) is 25.3 Å². The van der Waals surface area contributed by atoms with Crippen molar-refractivity contribution < 1.29 is 28.6 Å². The Morgan fingerprint density at radius 2 is 1.82 bits per heavy atom. The van der Waals surface area contributed by atoms with E-state index in [1.54, 1.807) is 41.3 Å². The fourth-order valence-electron chi connectivity index (χ4n) is 3.16. The number of hydrogen-bond donors (Lipinski definition) is 1. The first-order chi connectivity index (χ1) is 13.5. The minimum Gasteiger partial charge on any atom is -0.481 e. The highest BCUT2D eigenvalue weighted by atomic mass is 19.1. The van der Waals surface area contributed by atoms with Crippen molar-refractivity contribution in [2.75, 3.05) is 19.8 Å². The summed E-state index contributed by atoms with van der Waals surface area (Å²) >= 11 is 0. The normalized spacial score (nSPS) is 14.5. The molecule has 2 aromatic rings. The summed E-state index contributed by atoms with van der Waals surface area (Å²) in [5, 5.41) is 9.00. The molecule has 1 N–H and O–H groups in total. The molecule has 1 heterocycles. The number of carboxylic acids is 1. The van der Waals surface area contributed by atoms with Gasteiger partial charge in [-0.05, 0) is 49.2 Å². The molecule has 0 radical (unpaired) electrons. The Morgan fingerprint density at radius 1 is 1.11 bits per heavy atom. The maximum absolute atomic E-state index is 13.3. The molecule has 1 aliphatic rings. The summed E-state index contributed by atoms with van der Waals surface area (Å²) in [5.74, 6) is -0.710. The van der Waals surface area contributed by atoms with Crippen molar-refractivity contribution in [2.24, 2.45) is 0 Å². The van der Waals surface area contributed by atoms with E-state index >= 15 is 0 Å². The number of benzene rings is 2. The Hall–Kier alpha value is -2.93. The molecule has 0 aliphatic carbocycles. The van der Waals surface area contributed by atoms with Crippen LogP contribution in [0.3, 0.4) is 0 Å². The van der Waals surface area contributed by atoms with E-state index in [0.29, 0.717) is 43.1 Å². The summed E-state index contributed by atoms with van der Waals surface area (Å²) in [6.45, 7) is 1.27. The zero-order valence-electron chi connectivity index (χ0n) is 15.3. The second-order valence-electron chi connectivity index (χ2n) is 6.57. The van der Waals surface area contributed by atoms with Gasteiger partial charge in [-0.2, -0.15) is 0 Å². The zero-order chi connectivity index (χ0) is 19.9. The summed E-state index contributed by atoms with van der Waals surface area (Å²) in [5.41, 5.74) is 0.448. The van der Waals surface area contributed by atoms with Crippen molar-refractivity contribution in [3.8, 4) is 11.5 Å². The van der Waals surface area contributed by atoms with Crippen molar-refractivity contribution in [3.63, 3.8) is 0 Å². The van der Waals surface area contributed by atoms with E-state index in [1.165, 1.54) is 12.1 Å². The van der Waals surface area contributed by atoms with Crippen LogP contribution in [0.1, 0.15) is 29.6 Å². The van der Waals surface area contributed by atoms with Gasteiger partial charge in [-0.3, -0.25) is 9.59 Å². The molecule has 7 heteroatoms. The van der Waals surface area contributed by atoms with Gasteiger partial charge < -0.3 is 19.5 Å². The van der Waals surface area contributed by atoms with Crippen LogP contribution >= 0.6 is 0 Å². The highest BCUT2D eigenvalue weighted by molar-refractivity contribution is 5.94. The van der Waals surface area contributed by atoms with Crippen molar-refractivity contribution >= 4 is 11.9 Å². The third-order valence-electron chi connectivity index (χ3n) is 4.59. The minimum atomic E-state index is -0.941. The summed E-state index contributed by atoms with van der Waals surface area (Å²) in [4.78, 5) is 25.6. The number of hydrogen-bond acceptors (Lipinski definition) is 4. The number of halogens is 1. The number of amides is 1. The molecule has 1 aliphatic heterocycles. The summed E-state index contributed by atoms with van der Waals surface area (Å²) in [6, 6.07) is 12.3. The van der Waals surface area contributed by atoms with Crippen LogP contribution in [0.4, 0.5) is 4.39 Å². The highest BCUT2D eigenvalue weighted by Gasteiger charge is 2.27. The third-order valence-corrected chi connectivity index (χ3v) is 4.59. The molecule has 0 atom stereocenters. The topological polar surface area (TPSA) is 76.1 Å². The summed E-state index contributed by atoms with van der Waals surface area (Å²) < 4.78 is 24.2. The molecule has 0 unspecified atom stereocenters. The molecular formula is C21H22FNO5. The average Bonchev–Trinajstić information content (AvgIpc) is 2.69. The van der Waals surface area contributed by atoms with Gasteiger partial charge in [-0.25, -0.2) is 4.39 Å². The monoisotopic (exact) mass is 387 g/mol. The van der Waals surface area contributed by atoms with Gasteiger partial charge >= 0.3 is 5.97 Å². The smallest absolute Gasteiger partial charge is 0.305 e. The Morgan fingerprint density at radius 3 is 2.46 bits per heavy atom. The number of nitrogens with zero attached hydrogens (tertiary/aromatic N) is 1. The first kappa shape index (κ1) is 19.8. The van der Waals surface area contributed by atoms with E-state index in [0.717, 1.165) is 0 Å². The first-order valence-electron chi connectivity index (χ1n) is 9.17. The zero-order valence-corrected chi connectivity index (χ0v) is 15.3. The quantitative estimate of drug-likeness (QED) is 0.784. The molecule has 148 valence electrons. The van der Waals surface area contributed by atoms with Gasteiger partial charge in [0, 0.05) is 37.4 Å². The Kier molecular flexibility index (Phi) is 6.60. The lowest BCUT2D eigenvalue weighted by Crippen LogP contribution is -2.44. The van der Waals surface area contributed by atoms with Crippen LogP contribution < -0.4 is 4.74 Å². The van der Waals surface area contributed by atoms with Gasteiger partial charge in [0.2, 0.25) is 0 Å². The van der Waals surface area contributed by atoms with Crippen molar-refractivity contribution in [1.29, 1.82) is 0 Å². The molecule has 6 nitrogen and oxygen atoms in total. The Balaban J connectivity index is 1.71. The summed E-state index contributed by atoms with van der Waals surface area (Å²) in [7, 11) is 0. The van der Waals surface area contributed by atoms with E-state index in [2.05, 4.69) is 0 Å². The molecule has 0 spiro atoms. The Bertz CT molecular complexity index is 818. The van der Waals surface area contributed by atoms with Crippen LogP contribution in [-0.2, 0) is 9.53 Å². The van der Waals surface area contributed by atoms with Crippen LogP contribution in [0.5, 0.6) is 11.5 Å². The molecule has 1 saturated heterocycles. The number of carbonyl (C=O) groups excluding carboxylic acids is 1. The van der Waals surface area contributed by atoms with Gasteiger partial charge in [0.15, 0.2) is 0 Å². The molecule has 28 heavy (non-hydrogen) atoms. The van der Waals surface area contributed by atoms with Crippen molar-refractivity contribution in [3.05, 3.63) is 59.9 Å². The van der Waals surface area contributed by atoms with E-state index in [9.17, 15) is 14.0 Å². The average molecular weight is 387 g/mol. The second kappa shape index (κ2) is 9.32. The molecule has 2 aromatic carbocycles. The maximum Gasteiger partial charge on any atom is 0.305 e. The van der Waals surface area contributed by atoms with Crippen LogP contribution in [0, 0.1) is 5.82 Å². The predicted octanol–water partition coefficient (Wildman–Crippen LogP) is 3.71. The lowest BCUT2D eigenvalue weighted by atomic mass is 10.0. The first-order valence-corrected chi connectivity index (χ1v) is 9.17. The van der Waals surface area contributed by atoms with E-state index < -0.39 is 11.8 Å². The fraction of sp³-hybridized carbons (Fsp3) is 0.333. The SMILES string of the molecule is O=C(O)CCN(C(=O)c1ccc(Oc2cccc(F)c2)cc1)C1CCOCC1. The van der Waals surface area contributed by atoms with E-state index in [4.69, 9.17) is 14.6 Å². The fourth-order valence-corrected chi connectivity index (χ4v) is 3.16. The molecule has 3 rings (SSSR count). The third kappa shape index (κ3) is 5.29. The standard InChI is InChI=1S/C21H22FNO5/c22-16-2-1-3-19(14-16)28-18-6-4-15(5-7-18)21(26)23(11-8-20(24)25)17-9-12-27-13-10-17/h1-7,14,17H,8-13H2,(H,24,25). The van der Waals surface area contributed by atoms with Crippen LogP contribution in [0.15, 0.2) is 48.5 Å². The lowest BCUT2D eigenvalue weighted by molar-refractivity contribution is -0.137. The van der Waals surface area contributed by atoms with Gasteiger partial charge in [0.1, 0.15) is 17.3 Å². The predicted molar refractivity (Wildman–Crippen MR) is 100 cm³/mol. The van der Waals surface area contributed by atoms with Crippen LogP contribution in [0.25, 0.3) is 0 Å². The van der Waals surface area contributed by atoms with Crippen molar-refractivity contribution in [1.82, 2.24) is 4.90 Å². The molecule has 1 amide bonds. The molecule has 1 fully saturated rings. The number of carboxylic acid groups (broad SMARTS) is 1. The van der Waals surface area contributed by atoms with Gasteiger partial charge in [-0.15, -0.1) is 0 Å². The Labute approximate surface area is 162 Å². The number of aliphatic carboxylic acids is 1. The van der Waals surface area contributed by atoms with E-state index in [1.807, 2.05) is 0 Å². The summed E-state index contributed by atoms with van der Waals surface area (Å²) in [6.07, 6.45) is 1.27. The van der Waals surface area contributed by atoms with Crippen LogP contribution in [0.2, 0.25) is 0 Å². The minimum absolute atomic E-state index is 0.0381. The second-order valence-corrected chi connectivity index (χ2v) is 6.57. The lowest BCUT2D eigenvalue weighted by Gasteiger charge is -2.34. The highest BCUT2D eigenvalue weighted by Crippen LogP contribution is 2.24.